The molecule has 0 atom stereocenters. The summed E-state index contributed by atoms with van der Waals surface area (Å²) in [5, 5.41) is 2.76. The highest BCUT2D eigenvalue weighted by Gasteiger charge is 2.29. The third-order valence-corrected chi connectivity index (χ3v) is 1.88. The van der Waals surface area contributed by atoms with Crippen molar-refractivity contribution in [1.29, 1.82) is 0 Å². The van der Waals surface area contributed by atoms with Gasteiger partial charge in [-0.2, -0.15) is 0 Å². The summed E-state index contributed by atoms with van der Waals surface area (Å²) in [6.07, 6.45) is 0.479. The molecular formula is C7H13N3O2. The van der Waals surface area contributed by atoms with E-state index in [9.17, 15) is 9.59 Å². The molecule has 12 heavy (non-hydrogen) atoms. The van der Waals surface area contributed by atoms with Crippen LogP contribution in [0.5, 0.6) is 0 Å². The molecule has 0 radical (unpaired) electrons. The second kappa shape index (κ2) is 3.42. The summed E-state index contributed by atoms with van der Waals surface area (Å²) in [6, 6.07) is -0.318. The minimum Gasteiger partial charge on any atom is -0.351 e. The molecular weight excluding hydrogens is 158 g/mol. The maximum atomic E-state index is 10.8. The Morgan fingerprint density at radius 3 is 2.58 bits per heavy atom. The number of rotatable bonds is 2. The molecule has 1 aliphatic heterocycles. The van der Waals surface area contributed by atoms with E-state index in [0.717, 1.165) is 0 Å². The Hall–Kier alpha value is -1.26. The topological polar surface area (TPSA) is 75.4 Å². The highest BCUT2D eigenvalue weighted by atomic mass is 16.2. The van der Waals surface area contributed by atoms with E-state index in [0.29, 0.717) is 19.5 Å². The summed E-state index contributed by atoms with van der Waals surface area (Å²) in [7, 11) is 0. The SMILES string of the molecule is CCC(=O)NC1CN(C(N)=O)C1. The van der Waals surface area contributed by atoms with Crippen LogP contribution in [0.4, 0.5) is 4.79 Å². The number of nitrogens with one attached hydrogen (secondary N) is 1. The molecule has 0 aromatic carbocycles. The van der Waals surface area contributed by atoms with Crippen molar-refractivity contribution in [1.82, 2.24) is 10.2 Å². The maximum absolute atomic E-state index is 10.8. The predicted octanol–water partition coefficient (Wildman–Crippen LogP) is -0.724. The molecule has 0 aliphatic carbocycles. The minimum absolute atomic E-state index is 0.0177. The van der Waals surface area contributed by atoms with Crippen LogP contribution in [0.3, 0.4) is 0 Å². The zero-order valence-corrected chi connectivity index (χ0v) is 7.04. The number of urea groups is 1. The van der Waals surface area contributed by atoms with Gasteiger partial charge in [0.05, 0.1) is 6.04 Å². The number of nitrogens with zero attached hydrogens (tertiary/aromatic N) is 1. The van der Waals surface area contributed by atoms with Crippen LogP contribution in [0.15, 0.2) is 0 Å². The Morgan fingerprint density at radius 1 is 1.58 bits per heavy atom. The molecule has 5 heteroatoms. The number of hydrogen-bond donors (Lipinski definition) is 2. The quantitative estimate of drug-likeness (QED) is 0.575. The van der Waals surface area contributed by atoms with E-state index < -0.39 is 6.03 Å². The summed E-state index contributed by atoms with van der Waals surface area (Å²) in [4.78, 5) is 22.9. The van der Waals surface area contributed by atoms with Crippen LogP contribution in [-0.4, -0.2) is 36.0 Å². The van der Waals surface area contributed by atoms with Gasteiger partial charge in [0.25, 0.3) is 0 Å². The molecule has 0 saturated carbocycles. The van der Waals surface area contributed by atoms with E-state index in [1.54, 1.807) is 6.92 Å². The van der Waals surface area contributed by atoms with Crippen LogP contribution in [0.25, 0.3) is 0 Å². The van der Waals surface area contributed by atoms with Gasteiger partial charge in [-0.15, -0.1) is 0 Å². The van der Waals surface area contributed by atoms with Gasteiger partial charge >= 0.3 is 6.03 Å². The average Bonchev–Trinajstić information content (AvgIpc) is 1.94. The van der Waals surface area contributed by atoms with Gasteiger partial charge in [-0.05, 0) is 0 Å². The summed E-state index contributed by atoms with van der Waals surface area (Å²) < 4.78 is 0. The van der Waals surface area contributed by atoms with Gasteiger partial charge in [-0.25, -0.2) is 4.79 Å². The monoisotopic (exact) mass is 171 g/mol. The first-order chi connectivity index (χ1) is 5.63. The summed E-state index contributed by atoms with van der Waals surface area (Å²) in [5.41, 5.74) is 5.00. The molecule has 1 saturated heterocycles. The third kappa shape index (κ3) is 1.87. The maximum Gasteiger partial charge on any atom is 0.314 e. The van der Waals surface area contributed by atoms with Crippen molar-refractivity contribution in [2.75, 3.05) is 13.1 Å². The highest BCUT2D eigenvalue weighted by Crippen LogP contribution is 2.06. The van der Waals surface area contributed by atoms with Crippen LogP contribution >= 0.6 is 0 Å². The molecule has 0 bridgehead atoms. The molecule has 1 fully saturated rings. The van der Waals surface area contributed by atoms with E-state index in [2.05, 4.69) is 5.32 Å². The Balaban J connectivity index is 2.17. The Labute approximate surface area is 70.9 Å². The van der Waals surface area contributed by atoms with Crippen molar-refractivity contribution in [3.05, 3.63) is 0 Å². The number of likely N-dealkylation sites (tertiary alicyclic amines) is 1. The second-order valence-electron chi connectivity index (χ2n) is 2.86. The number of nitrogens with two attached hydrogens (primary N) is 1. The van der Waals surface area contributed by atoms with Crippen molar-refractivity contribution < 1.29 is 9.59 Å². The molecule has 5 nitrogen and oxygen atoms in total. The van der Waals surface area contributed by atoms with E-state index in [4.69, 9.17) is 5.73 Å². The van der Waals surface area contributed by atoms with Gasteiger partial charge in [-0.3, -0.25) is 4.79 Å². The zero-order chi connectivity index (χ0) is 9.14. The van der Waals surface area contributed by atoms with Crippen molar-refractivity contribution in [2.45, 2.75) is 19.4 Å². The van der Waals surface area contributed by atoms with Gasteiger partial charge in [-0.1, -0.05) is 6.92 Å². The molecule has 0 spiro atoms. The van der Waals surface area contributed by atoms with Crippen molar-refractivity contribution in [3.8, 4) is 0 Å². The molecule has 1 rings (SSSR count). The molecule has 0 aromatic heterocycles. The first kappa shape index (κ1) is 8.83. The lowest BCUT2D eigenvalue weighted by atomic mass is 10.1. The third-order valence-electron chi connectivity index (χ3n) is 1.88. The van der Waals surface area contributed by atoms with Gasteiger partial charge in [0.1, 0.15) is 0 Å². The van der Waals surface area contributed by atoms with Crippen LogP contribution in [0, 0.1) is 0 Å². The summed E-state index contributed by atoms with van der Waals surface area (Å²) in [6.45, 7) is 2.88. The van der Waals surface area contributed by atoms with Gasteiger partial charge in [0, 0.05) is 19.5 Å². The molecule has 0 unspecified atom stereocenters. The fourth-order valence-electron chi connectivity index (χ4n) is 1.08. The fourth-order valence-corrected chi connectivity index (χ4v) is 1.08. The van der Waals surface area contributed by atoms with Crippen LogP contribution < -0.4 is 11.1 Å². The smallest absolute Gasteiger partial charge is 0.314 e. The van der Waals surface area contributed by atoms with E-state index >= 15 is 0 Å². The average molecular weight is 171 g/mol. The first-order valence-electron chi connectivity index (χ1n) is 3.97. The number of amides is 3. The zero-order valence-electron chi connectivity index (χ0n) is 7.04. The van der Waals surface area contributed by atoms with E-state index in [1.807, 2.05) is 0 Å². The van der Waals surface area contributed by atoms with Gasteiger partial charge in [0.15, 0.2) is 0 Å². The number of carbonyl (C=O) groups excluding carboxylic acids is 2. The van der Waals surface area contributed by atoms with Gasteiger partial charge < -0.3 is 16.0 Å². The molecule has 3 amide bonds. The van der Waals surface area contributed by atoms with Crippen molar-refractivity contribution >= 4 is 11.9 Å². The van der Waals surface area contributed by atoms with E-state index in [1.165, 1.54) is 4.90 Å². The lowest BCUT2D eigenvalue weighted by Crippen LogP contribution is -2.62. The lowest BCUT2D eigenvalue weighted by molar-refractivity contribution is -0.122. The summed E-state index contributed by atoms with van der Waals surface area (Å²) >= 11 is 0. The van der Waals surface area contributed by atoms with Crippen LogP contribution in [0.2, 0.25) is 0 Å². The first-order valence-corrected chi connectivity index (χ1v) is 3.97. The second-order valence-corrected chi connectivity index (χ2v) is 2.86. The Morgan fingerprint density at radius 2 is 2.17 bits per heavy atom. The molecule has 1 heterocycles. The largest absolute Gasteiger partial charge is 0.351 e. The highest BCUT2D eigenvalue weighted by molar-refractivity contribution is 5.77. The Kier molecular flexibility index (Phi) is 2.52. The normalized spacial score (nSPS) is 16.9. The fraction of sp³-hybridized carbons (Fsp3) is 0.714. The lowest BCUT2D eigenvalue weighted by Gasteiger charge is -2.38. The number of primary amides is 1. The minimum atomic E-state index is -0.419. The molecule has 0 aromatic rings. The van der Waals surface area contributed by atoms with Crippen LogP contribution in [0.1, 0.15) is 13.3 Å². The van der Waals surface area contributed by atoms with Gasteiger partial charge in [0.2, 0.25) is 5.91 Å². The summed E-state index contributed by atoms with van der Waals surface area (Å²) in [5.74, 6) is 0.0177. The molecule has 1 aliphatic rings. The van der Waals surface area contributed by atoms with Crippen LogP contribution in [-0.2, 0) is 4.79 Å². The predicted molar refractivity (Wildman–Crippen MR) is 43.4 cm³/mol. The Bertz CT molecular complexity index is 199. The van der Waals surface area contributed by atoms with Crippen molar-refractivity contribution in [2.24, 2.45) is 5.73 Å². The molecule has 3 N–H and O–H groups in total. The van der Waals surface area contributed by atoms with Crippen molar-refractivity contribution in [3.63, 3.8) is 0 Å². The molecule has 68 valence electrons. The standard InChI is InChI=1S/C7H13N3O2/c1-2-6(11)9-5-3-10(4-5)7(8)12/h5H,2-4H2,1H3,(H2,8,12)(H,9,11). The van der Waals surface area contributed by atoms with E-state index in [-0.39, 0.29) is 11.9 Å². The number of carbonyl (C=O) groups is 2. The number of hydrogen-bond acceptors (Lipinski definition) is 2.